The summed E-state index contributed by atoms with van der Waals surface area (Å²) in [6.07, 6.45) is 1.57. The zero-order valence-corrected chi connectivity index (χ0v) is 19.5. The van der Waals surface area contributed by atoms with Gasteiger partial charge in [0.25, 0.3) is 11.6 Å². The molecule has 1 aliphatic heterocycles. The summed E-state index contributed by atoms with van der Waals surface area (Å²) >= 11 is 2.59. The van der Waals surface area contributed by atoms with Crippen molar-refractivity contribution in [2.45, 2.75) is 25.2 Å². The molecule has 33 heavy (non-hydrogen) atoms. The Labute approximate surface area is 198 Å². The molecule has 4 rings (SSSR count). The molecule has 9 nitrogen and oxygen atoms in total. The average Bonchev–Trinajstić information content (AvgIpc) is 3.49. The van der Waals surface area contributed by atoms with Crippen molar-refractivity contribution in [2.24, 2.45) is 0 Å². The summed E-state index contributed by atoms with van der Waals surface area (Å²) in [6, 6.07) is 8.22. The Morgan fingerprint density at radius 3 is 2.91 bits per heavy atom. The number of nitro benzene ring substituents is 1. The van der Waals surface area contributed by atoms with Gasteiger partial charge < -0.3 is 9.64 Å². The number of thiophene rings is 1. The molecule has 2 amide bonds. The zero-order valence-electron chi connectivity index (χ0n) is 17.9. The number of rotatable bonds is 8. The first-order chi connectivity index (χ1) is 16.0. The molecule has 1 aromatic carbocycles. The van der Waals surface area contributed by atoms with Crippen LogP contribution >= 0.6 is 22.7 Å². The van der Waals surface area contributed by atoms with E-state index in [2.05, 4.69) is 10.3 Å². The Morgan fingerprint density at radius 1 is 1.33 bits per heavy atom. The molecule has 0 aliphatic carbocycles. The van der Waals surface area contributed by atoms with Crippen molar-refractivity contribution in [3.05, 3.63) is 67.3 Å². The molecule has 3 aromatic rings. The molecule has 0 saturated heterocycles. The minimum atomic E-state index is -0.454. The predicted octanol–water partition coefficient (Wildman–Crippen LogP) is 4.46. The maximum Gasteiger partial charge on any atom is 0.271 e. The van der Waals surface area contributed by atoms with E-state index < -0.39 is 4.92 Å². The molecule has 0 radical (unpaired) electrons. The van der Waals surface area contributed by atoms with Crippen molar-refractivity contribution in [2.75, 3.05) is 30.5 Å². The van der Waals surface area contributed by atoms with Crippen LogP contribution in [0.4, 0.5) is 16.5 Å². The summed E-state index contributed by atoms with van der Waals surface area (Å²) in [5.74, 6) is -0.261. The topological polar surface area (TPSA) is 115 Å². The highest BCUT2D eigenvalue weighted by Gasteiger charge is 2.30. The van der Waals surface area contributed by atoms with Crippen LogP contribution in [0.2, 0.25) is 0 Å². The third-order valence-electron chi connectivity index (χ3n) is 5.48. The minimum Gasteiger partial charge on any atom is -0.385 e. The SMILES string of the molecule is COCCC1CCN(C(=O)Cc2csc(NC(=O)c3cccs3)n2)c2cc([N+](=O)[O-])ccc21. The second-order valence-electron chi connectivity index (χ2n) is 7.56. The summed E-state index contributed by atoms with van der Waals surface area (Å²) < 4.78 is 5.20. The lowest BCUT2D eigenvalue weighted by Gasteiger charge is -2.34. The Balaban J connectivity index is 1.50. The lowest BCUT2D eigenvalue weighted by Crippen LogP contribution is -2.38. The van der Waals surface area contributed by atoms with Gasteiger partial charge in [-0.1, -0.05) is 6.07 Å². The van der Waals surface area contributed by atoms with Gasteiger partial charge in [-0.15, -0.1) is 22.7 Å². The summed E-state index contributed by atoms with van der Waals surface area (Å²) in [6.45, 7) is 1.04. The van der Waals surface area contributed by atoms with E-state index in [1.807, 2.05) is 5.38 Å². The predicted molar refractivity (Wildman–Crippen MR) is 127 cm³/mol. The molecular formula is C22H22N4O5S2. The highest BCUT2D eigenvalue weighted by molar-refractivity contribution is 7.14. The van der Waals surface area contributed by atoms with Crippen LogP contribution in [0, 0.1) is 10.1 Å². The summed E-state index contributed by atoms with van der Waals surface area (Å²) in [7, 11) is 1.64. The number of carbonyl (C=O) groups is 2. The van der Waals surface area contributed by atoms with E-state index >= 15 is 0 Å². The molecule has 0 saturated carbocycles. The van der Waals surface area contributed by atoms with Crippen molar-refractivity contribution in [3.8, 4) is 0 Å². The molecule has 0 bridgehead atoms. The summed E-state index contributed by atoms with van der Waals surface area (Å²) in [5, 5.41) is 18.0. The van der Waals surface area contributed by atoms with E-state index in [1.54, 1.807) is 35.6 Å². The van der Waals surface area contributed by atoms with Crippen LogP contribution in [0.25, 0.3) is 0 Å². The van der Waals surface area contributed by atoms with E-state index in [9.17, 15) is 19.7 Å². The number of carbonyl (C=O) groups excluding carboxylic acids is 2. The third kappa shape index (κ3) is 5.27. The fourth-order valence-electron chi connectivity index (χ4n) is 3.87. The molecule has 172 valence electrons. The zero-order chi connectivity index (χ0) is 23.4. The van der Waals surface area contributed by atoms with E-state index in [1.165, 1.54) is 34.8 Å². The van der Waals surface area contributed by atoms with Crippen molar-refractivity contribution in [3.63, 3.8) is 0 Å². The lowest BCUT2D eigenvalue weighted by atomic mass is 9.87. The van der Waals surface area contributed by atoms with Gasteiger partial charge in [0, 0.05) is 37.8 Å². The van der Waals surface area contributed by atoms with E-state index in [-0.39, 0.29) is 29.8 Å². The Hall–Kier alpha value is -3.15. The van der Waals surface area contributed by atoms with Gasteiger partial charge in [-0.2, -0.15) is 0 Å². The van der Waals surface area contributed by atoms with Gasteiger partial charge >= 0.3 is 0 Å². The van der Waals surface area contributed by atoms with E-state index in [0.29, 0.717) is 34.5 Å². The smallest absolute Gasteiger partial charge is 0.271 e. The molecule has 1 atom stereocenters. The number of aromatic nitrogens is 1. The van der Waals surface area contributed by atoms with Crippen molar-refractivity contribution >= 4 is 51.0 Å². The number of anilines is 2. The second kappa shape index (κ2) is 10.2. The molecule has 11 heteroatoms. The molecule has 0 fully saturated rings. The quantitative estimate of drug-likeness (QED) is 0.371. The van der Waals surface area contributed by atoms with Crippen LogP contribution in [-0.2, 0) is 16.0 Å². The van der Waals surface area contributed by atoms with Crippen LogP contribution in [0.3, 0.4) is 0 Å². The van der Waals surface area contributed by atoms with E-state index in [4.69, 9.17) is 4.74 Å². The maximum atomic E-state index is 13.2. The van der Waals surface area contributed by atoms with Crippen LogP contribution in [0.5, 0.6) is 0 Å². The molecule has 0 spiro atoms. The number of thiazole rings is 1. The Morgan fingerprint density at radius 2 is 2.18 bits per heavy atom. The van der Waals surface area contributed by atoms with Crippen LogP contribution in [-0.4, -0.2) is 42.0 Å². The normalized spacial score (nSPS) is 15.2. The lowest BCUT2D eigenvalue weighted by molar-refractivity contribution is -0.384. The largest absolute Gasteiger partial charge is 0.385 e. The van der Waals surface area contributed by atoms with Crippen molar-refractivity contribution in [1.29, 1.82) is 0 Å². The van der Waals surface area contributed by atoms with Crippen LogP contribution in [0.1, 0.15) is 39.7 Å². The van der Waals surface area contributed by atoms with Gasteiger partial charge in [-0.25, -0.2) is 4.98 Å². The maximum absolute atomic E-state index is 13.2. The number of methoxy groups -OCH3 is 1. The third-order valence-corrected chi connectivity index (χ3v) is 7.15. The summed E-state index contributed by atoms with van der Waals surface area (Å²) in [4.78, 5) is 42.8. The first kappa shape index (κ1) is 23.0. The fourth-order valence-corrected chi connectivity index (χ4v) is 5.19. The Kier molecular flexibility index (Phi) is 7.11. The number of hydrogen-bond acceptors (Lipinski definition) is 8. The molecule has 3 heterocycles. The average molecular weight is 487 g/mol. The summed E-state index contributed by atoms with van der Waals surface area (Å²) in [5.41, 5.74) is 1.98. The van der Waals surface area contributed by atoms with Crippen molar-refractivity contribution in [1.82, 2.24) is 4.98 Å². The van der Waals surface area contributed by atoms with Gasteiger partial charge in [0.05, 0.1) is 27.6 Å². The van der Waals surface area contributed by atoms with E-state index in [0.717, 1.165) is 18.4 Å². The monoisotopic (exact) mass is 486 g/mol. The number of amides is 2. The van der Waals surface area contributed by atoms with Gasteiger partial charge in [0.15, 0.2) is 5.13 Å². The highest BCUT2D eigenvalue weighted by Crippen LogP contribution is 2.39. The number of fused-ring (bicyclic) bond motifs is 1. The number of nitrogens with zero attached hydrogens (tertiary/aromatic N) is 3. The van der Waals surface area contributed by atoms with Gasteiger partial charge in [-0.05, 0) is 41.8 Å². The first-order valence-corrected chi connectivity index (χ1v) is 12.1. The fraction of sp³-hybridized carbons (Fsp3) is 0.318. The van der Waals surface area contributed by atoms with Crippen LogP contribution in [0.15, 0.2) is 41.1 Å². The minimum absolute atomic E-state index is 0.0379. The number of non-ortho nitro benzene ring substituents is 1. The highest BCUT2D eigenvalue weighted by atomic mass is 32.1. The standard InChI is InChI=1S/C22H22N4O5S2/c1-31-9-7-14-6-8-25(18-12-16(26(29)30)4-5-17(14)18)20(27)11-15-13-33-22(23-15)24-21(28)19-3-2-10-32-19/h2-5,10,12-14H,6-9,11H2,1H3,(H,23,24,28). The molecule has 1 unspecified atom stereocenters. The number of nitro groups is 1. The number of ether oxygens (including phenoxy) is 1. The number of benzene rings is 1. The van der Waals surface area contributed by atoms with Gasteiger partial charge in [0.1, 0.15) is 0 Å². The second-order valence-corrected chi connectivity index (χ2v) is 9.37. The van der Waals surface area contributed by atoms with Crippen LogP contribution < -0.4 is 10.2 Å². The van der Waals surface area contributed by atoms with Gasteiger partial charge in [0.2, 0.25) is 5.91 Å². The number of nitrogens with one attached hydrogen (secondary N) is 1. The Bertz CT molecular complexity index is 1160. The number of hydrogen-bond donors (Lipinski definition) is 1. The first-order valence-electron chi connectivity index (χ1n) is 10.3. The molecule has 2 aromatic heterocycles. The van der Waals surface area contributed by atoms with Crippen molar-refractivity contribution < 1.29 is 19.2 Å². The molecule has 1 N–H and O–H groups in total. The molecule has 1 aliphatic rings. The van der Waals surface area contributed by atoms with Gasteiger partial charge in [-0.3, -0.25) is 25.0 Å². The molecular weight excluding hydrogens is 464 g/mol.